The number of nitrogens with one attached hydrogen (secondary N) is 1. The van der Waals surface area contributed by atoms with Crippen molar-refractivity contribution in [3.05, 3.63) is 23.5 Å². The third-order valence-corrected chi connectivity index (χ3v) is 2.48. The van der Waals surface area contributed by atoms with Crippen molar-refractivity contribution in [2.75, 3.05) is 31.7 Å². The van der Waals surface area contributed by atoms with Crippen molar-refractivity contribution >= 4 is 17.3 Å². The number of hydrogen-bond acceptors (Lipinski definition) is 3. The van der Waals surface area contributed by atoms with Gasteiger partial charge in [-0.3, -0.25) is 4.79 Å². The molecule has 0 radical (unpaired) electrons. The first-order valence-electron chi connectivity index (χ1n) is 5.41. The first kappa shape index (κ1) is 13.3. The molecule has 0 spiro atoms. The zero-order valence-electron chi connectivity index (χ0n) is 10.4. The van der Waals surface area contributed by atoms with Crippen LogP contribution in [0.1, 0.15) is 12.0 Å². The molecule has 1 aromatic rings. The average Bonchev–Trinajstić information content (AvgIpc) is 2.25. The Balaban J connectivity index is 2.58. The number of hydrogen-bond donors (Lipinski definition) is 2. The lowest BCUT2D eigenvalue weighted by Crippen LogP contribution is -2.24. The number of amides is 1. The highest BCUT2D eigenvalue weighted by molar-refractivity contribution is 5.76. The summed E-state index contributed by atoms with van der Waals surface area (Å²) in [5.41, 5.74) is 7.21. The van der Waals surface area contributed by atoms with Gasteiger partial charge < -0.3 is 16.0 Å². The third-order valence-electron chi connectivity index (χ3n) is 2.48. The fraction of sp³-hybridized carbons (Fsp3) is 0.417. The highest BCUT2D eigenvalue weighted by Crippen LogP contribution is 2.22. The first-order chi connectivity index (χ1) is 7.91. The van der Waals surface area contributed by atoms with E-state index in [1.54, 1.807) is 27.1 Å². The summed E-state index contributed by atoms with van der Waals surface area (Å²) in [6, 6.07) is 2.93. The summed E-state index contributed by atoms with van der Waals surface area (Å²) in [6.07, 6.45) is 0.378. The minimum absolute atomic E-state index is 0.0369. The zero-order valence-corrected chi connectivity index (χ0v) is 10.4. The van der Waals surface area contributed by atoms with E-state index in [1.807, 2.05) is 0 Å². The van der Waals surface area contributed by atoms with Gasteiger partial charge in [-0.1, -0.05) is 0 Å². The summed E-state index contributed by atoms with van der Waals surface area (Å²) in [4.78, 5) is 12.9. The maximum absolute atomic E-state index is 13.1. The van der Waals surface area contributed by atoms with E-state index in [0.717, 1.165) is 0 Å². The van der Waals surface area contributed by atoms with E-state index in [0.29, 0.717) is 29.9 Å². The number of benzene rings is 1. The quantitative estimate of drug-likeness (QED) is 0.785. The van der Waals surface area contributed by atoms with Gasteiger partial charge in [0.1, 0.15) is 5.82 Å². The number of nitrogens with zero attached hydrogens (tertiary/aromatic N) is 1. The molecule has 0 saturated carbocycles. The molecule has 1 aromatic carbocycles. The summed E-state index contributed by atoms with van der Waals surface area (Å²) in [6.45, 7) is 2.15. The summed E-state index contributed by atoms with van der Waals surface area (Å²) < 4.78 is 13.1. The highest BCUT2D eigenvalue weighted by Gasteiger charge is 2.06. The molecular formula is C12H18FN3O. The number of anilines is 2. The van der Waals surface area contributed by atoms with E-state index >= 15 is 0 Å². The number of halogens is 1. The van der Waals surface area contributed by atoms with Crippen molar-refractivity contribution in [1.29, 1.82) is 0 Å². The van der Waals surface area contributed by atoms with E-state index in [4.69, 9.17) is 5.73 Å². The molecule has 0 unspecified atom stereocenters. The van der Waals surface area contributed by atoms with E-state index in [-0.39, 0.29) is 11.7 Å². The number of aryl methyl sites for hydroxylation is 1. The average molecular weight is 239 g/mol. The molecule has 3 N–H and O–H groups in total. The molecule has 17 heavy (non-hydrogen) atoms. The largest absolute Gasteiger partial charge is 0.397 e. The predicted molar refractivity (Wildman–Crippen MR) is 67.4 cm³/mol. The minimum Gasteiger partial charge on any atom is -0.397 e. The number of nitrogen functional groups attached to an aromatic ring is 1. The molecule has 1 rings (SSSR count). The summed E-state index contributed by atoms with van der Waals surface area (Å²) in [5.74, 6) is -0.285. The van der Waals surface area contributed by atoms with Crippen LogP contribution in [0.15, 0.2) is 12.1 Å². The summed E-state index contributed by atoms with van der Waals surface area (Å²) in [5, 5.41) is 3.03. The van der Waals surface area contributed by atoms with E-state index < -0.39 is 0 Å². The topological polar surface area (TPSA) is 58.4 Å². The predicted octanol–water partition coefficient (Wildman–Crippen LogP) is 1.61. The van der Waals surface area contributed by atoms with Gasteiger partial charge >= 0.3 is 0 Å². The maximum Gasteiger partial charge on any atom is 0.223 e. The van der Waals surface area contributed by atoms with Gasteiger partial charge in [-0.15, -0.1) is 0 Å². The van der Waals surface area contributed by atoms with Crippen LogP contribution in [0.4, 0.5) is 15.8 Å². The van der Waals surface area contributed by atoms with Crippen molar-refractivity contribution in [1.82, 2.24) is 4.90 Å². The molecule has 0 aliphatic rings. The SMILES string of the molecule is Cc1cc(NCCC(=O)N(C)C)c(N)cc1F. The number of nitrogens with two attached hydrogens (primary N) is 1. The Hall–Kier alpha value is -1.78. The molecule has 0 aromatic heterocycles. The van der Waals surface area contributed by atoms with Crippen LogP contribution in [0.5, 0.6) is 0 Å². The Morgan fingerprint density at radius 2 is 2.12 bits per heavy atom. The van der Waals surface area contributed by atoms with Crippen LogP contribution >= 0.6 is 0 Å². The normalized spacial score (nSPS) is 10.1. The summed E-state index contributed by atoms with van der Waals surface area (Å²) in [7, 11) is 3.41. The monoisotopic (exact) mass is 239 g/mol. The fourth-order valence-electron chi connectivity index (χ4n) is 1.38. The second-order valence-electron chi connectivity index (χ2n) is 4.15. The van der Waals surface area contributed by atoms with Crippen LogP contribution in [0.2, 0.25) is 0 Å². The van der Waals surface area contributed by atoms with E-state index in [1.165, 1.54) is 11.0 Å². The lowest BCUT2D eigenvalue weighted by Gasteiger charge is -2.13. The number of carbonyl (C=O) groups is 1. The molecule has 1 amide bonds. The molecule has 94 valence electrons. The molecule has 0 bridgehead atoms. The minimum atomic E-state index is -0.322. The Labute approximate surface area is 101 Å². The van der Waals surface area contributed by atoms with Crippen molar-refractivity contribution in [3.8, 4) is 0 Å². The number of carbonyl (C=O) groups excluding carboxylic acids is 1. The molecule has 5 heteroatoms. The lowest BCUT2D eigenvalue weighted by molar-refractivity contribution is -0.128. The molecule has 0 aliphatic heterocycles. The summed E-state index contributed by atoms with van der Waals surface area (Å²) >= 11 is 0. The lowest BCUT2D eigenvalue weighted by atomic mass is 10.2. The van der Waals surface area contributed by atoms with Crippen molar-refractivity contribution < 1.29 is 9.18 Å². The van der Waals surface area contributed by atoms with Crippen molar-refractivity contribution in [2.45, 2.75) is 13.3 Å². The van der Waals surface area contributed by atoms with Crippen molar-refractivity contribution in [3.63, 3.8) is 0 Å². The third kappa shape index (κ3) is 3.62. The molecule has 0 saturated heterocycles. The molecule has 0 heterocycles. The van der Waals surface area contributed by atoms with Gasteiger partial charge in [0.25, 0.3) is 0 Å². The Morgan fingerprint density at radius 1 is 1.47 bits per heavy atom. The maximum atomic E-state index is 13.1. The zero-order chi connectivity index (χ0) is 13.0. The Morgan fingerprint density at radius 3 is 2.71 bits per heavy atom. The van der Waals surface area contributed by atoms with Crippen LogP contribution < -0.4 is 11.1 Å². The van der Waals surface area contributed by atoms with Crippen LogP contribution in [0, 0.1) is 12.7 Å². The van der Waals surface area contributed by atoms with Gasteiger partial charge in [-0.25, -0.2) is 4.39 Å². The van der Waals surface area contributed by atoms with Crippen molar-refractivity contribution in [2.24, 2.45) is 0 Å². The second-order valence-corrected chi connectivity index (χ2v) is 4.15. The van der Waals surface area contributed by atoms with Gasteiger partial charge in [0, 0.05) is 27.1 Å². The molecule has 0 aliphatic carbocycles. The molecular weight excluding hydrogens is 221 g/mol. The highest BCUT2D eigenvalue weighted by atomic mass is 19.1. The molecule has 0 atom stereocenters. The van der Waals surface area contributed by atoms with Crippen LogP contribution in [0.3, 0.4) is 0 Å². The van der Waals surface area contributed by atoms with Crippen LogP contribution in [-0.2, 0) is 4.79 Å². The smallest absolute Gasteiger partial charge is 0.223 e. The van der Waals surface area contributed by atoms with Crippen LogP contribution in [0.25, 0.3) is 0 Å². The van der Waals surface area contributed by atoms with E-state index in [2.05, 4.69) is 5.32 Å². The Kier molecular flexibility index (Phi) is 4.31. The Bertz CT molecular complexity index is 418. The fourth-order valence-corrected chi connectivity index (χ4v) is 1.38. The standard InChI is InChI=1S/C12H18FN3O/c1-8-6-11(10(14)7-9(8)13)15-5-4-12(17)16(2)3/h6-7,15H,4-5,14H2,1-3H3. The van der Waals surface area contributed by atoms with Crippen LogP contribution in [-0.4, -0.2) is 31.4 Å². The molecule has 0 fully saturated rings. The van der Waals surface area contributed by atoms with Gasteiger partial charge in [0.2, 0.25) is 5.91 Å². The molecule has 4 nitrogen and oxygen atoms in total. The van der Waals surface area contributed by atoms with Gasteiger partial charge in [0.05, 0.1) is 11.4 Å². The van der Waals surface area contributed by atoms with Gasteiger partial charge in [0.15, 0.2) is 0 Å². The first-order valence-corrected chi connectivity index (χ1v) is 5.41. The number of rotatable bonds is 4. The second kappa shape index (κ2) is 5.52. The van der Waals surface area contributed by atoms with Gasteiger partial charge in [-0.2, -0.15) is 0 Å². The van der Waals surface area contributed by atoms with E-state index in [9.17, 15) is 9.18 Å². The van der Waals surface area contributed by atoms with Gasteiger partial charge in [-0.05, 0) is 24.6 Å².